The van der Waals surface area contributed by atoms with Gasteiger partial charge >= 0.3 is 18.2 Å². The average Bonchev–Trinajstić information content (AvgIpc) is 2.36. The van der Waals surface area contributed by atoms with Crippen LogP contribution in [0.25, 0.3) is 0 Å². The number of hydrogen-bond donors (Lipinski definition) is 2. The third-order valence-corrected chi connectivity index (χ3v) is 3.72. The summed E-state index contributed by atoms with van der Waals surface area (Å²) in [6.07, 6.45) is -2.82. The molecule has 0 radical (unpaired) electrons. The van der Waals surface area contributed by atoms with E-state index in [1.165, 1.54) is 11.9 Å². The van der Waals surface area contributed by atoms with Crippen LogP contribution in [0.2, 0.25) is 0 Å². The molecule has 1 rings (SSSR count). The summed E-state index contributed by atoms with van der Waals surface area (Å²) >= 11 is 0. The molecule has 1 fully saturated rings. The van der Waals surface area contributed by atoms with E-state index in [-0.39, 0.29) is 13.0 Å². The third-order valence-electron chi connectivity index (χ3n) is 3.72. The number of alkyl halides is 3. The van der Waals surface area contributed by atoms with Gasteiger partial charge in [0.1, 0.15) is 0 Å². The summed E-state index contributed by atoms with van der Waals surface area (Å²) in [4.78, 5) is 23.5. The van der Waals surface area contributed by atoms with Crippen LogP contribution in [0.3, 0.4) is 0 Å². The van der Waals surface area contributed by atoms with Gasteiger partial charge in [-0.3, -0.25) is 4.79 Å². The summed E-state index contributed by atoms with van der Waals surface area (Å²) in [5, 5.41) is 11.2. The van der Waals surface area contributed by atoms with Crippen LogP contribution in [0.5, 0.6) is 0 Å². The van der Waals surface area contributed by atoms with Crippen molar-refractivity contribution in [2.75, 3.05) is 13.6 Å². The predicted octanol–water partition coefficient (Wildman–Crippen LogP) is 2.61. The molecule has 5 nitrogen and oxygen atoms in total. The summed E-state index contributed by atoms with van der Waals surface area (Å²) in [6, 6.07) is -1.02. The van der Waals surface area contributed by atoms with E-state index in [1.54, 1.807) is 0 Å². The van der Waals surface area contributed by atoms with Gasteiger partial charge in [-0.25, -0.2) is 4.79 Å². The number of amides is 2. The summed E-state index contributed by atoms with van der Waals surface area (Å²) < 4.78 is 37.6. The molecule has 1 aliphatic rings. The van der Waals surface area contributed by atoms with E-state index in [9.17, 15) is 22.8 Å². The molecule has 2 N–H and O–H groups in total. The zero-order valence-electron chi connectivity index (χ0n) is 11.9. The van der Waals surface area contributed by atoms with Crippen LogP contribution in [0, 0.1) is 5.92 Å². The molecule has 1 aliphatic carbocycles. The van der Waals surface area contributed by atoms with Crippen LogP contribution >= 0.6 is 0 Å². The van der Waals surface area contributed by atoms with Crippen LogP contribution in [-0.4, -0.2) is 47.8 Å². The zero-order chi connectivity index (χ0) is 16.0. The summed E-state index contributed by atoms with van der Waals surface area (Å²) in [5.41, 5.74) is 0. The zero-order valence-corrected chi connectivity index (χ0v) is 11.9. The van der Waals surface area contributed by atoms with Crippen molar-refractivity contribution >= 4 is 12.0 Å². The number of aliphatic carboxylic acids is 1. The Morgan fingerprint density at radius 1 is 1.29 bits per heavy atom. The fraction of sp³-hybridized carbons (Fsp3) is 0.846. The molecule has 1 saturated carbocycles. The first kappa shape index (κ1) is 17.6. The Balaban J connectivity index is 2.52. The van der Waals surface area contributed by atoms with Gasteiger partial charge in [0, 0.05) is 26.1 Å². The highest BCUT2D eigenvalue weighted by Crippen LogP contribution is 2.34. The minimum Gasteiger partial charge on any atom is -0.481 e. The number of hydrogen-bond acceptors (Lipinski definition) is 2. The van der Waals surface area contributed by atoms with Crippen LogP contribution in [0.4, 0.5) is 18.0 Å². The molecule has 2 atom stereocenters. The Morgan fingerprint density at radius 2 is 1.90 bits per heavy atom. The first-order chi connectivity index (χ1) is 9.69. The van der Waals surface area contributed by atoms with Gasteiger partial charge in [-0.1, -0.05) is 12.8 Å². The van der Waals surface area contributed by atoms with E-state index in [2.05, 4.69) is 5.32 Å². The van der Waals surface area contributed by atoms with E-state index < -0.39 is 36.6 Å². The van der Waals surface area contributed by atoms with Crippen molar-refractivity contribution < 1.29 is 27.9 Å². The molecule has 0 aromatic heterocycles. The van der Waals surface area contributed by atoms with Gasteiger partial charge in [-0.2, -0.15) is 13.2 Å². The molecule has 21 heavy (non-hydrogen) atoms. The Morgan fingerprint density at radius 3 is 2.48 bits per heavy atom. The number of urea groups is 1. The first-order valence-electron chi connectivity index (χ1n) is 6.99. The molecule has 0 heterocycles. The van der Waals surface area contributed by atoms with Gasteiger partial charge in [0.2, 0.25) is 0 Å². The maximum Gasteiger partial charge on any atom is 0.389 e. The van der Waals surface area contributed by atoms with Gasteiger partial charge in [-0.15, -0.1) is 0 Å². The number of carbonyl (C=O) groups excluding carboxylic acids is 1. The number of halogens is 3. The molecule has 0 aliphatic heterocycles. The van der Waals surface area contributed by atoms with Crippen molar-refractivity contribution in [2.45, 2.75) is 50.7 Å². The van der Waals surface area contributed by atoms with Crippen molar-refractivity contribution in [1.29, 1.82) is 0 Å². The molecular weight excluding hydrogens is 289 g/mol. The second-order valence-electron chi connectivity index (χ2n) is 5.49. The molecule has 0 unspecified atom stereocenters. The smallest absolute Gasteiger partial charge is 0.389 e. The fourth-order valence-electron chi connectivity index (χ4n) is 2.57. The van der Waals surface area contributed by atoms with E-state index in [4.69, 9.17) is 5.11 Å². The maximum atomic E-state index is 12.5. The molecule has 0 aromatic rings. The predicted molar refractivity (Wildman–Crippen MR) is 69.8 cm³/mol. The lowest BCUT2D eigenvalue weighted by Gasteiger charge is -2.33. The number of rotatable bonds is 5. The van der Waals surface area contributed by atoms with Crippen molar-refractivity contribution in [1.82, 2.24) is 10.2 Å². The molecule has 0 spiro atoms. The first-order valence-corrected chi connectivity index (χ1v) is 6.99. The van der Waals surface area contributed by atoms with Gasteiger partial charge < -0.3 is 15.3 Å². The van der Waals surface area contributed by atoms with Gasteiger partial charge in [-0.05, 0) is 18.8 Å². The average molecular weight is 310 g/mol. The van der Waals surface area contributed by atoms with E-state index in [0.29, 0.717) is 12.8 Å². The summed E-state index contributed by atoms with van der Waals surface area (Å²) in [5.74, 6) is -1.63. The molecule has 0 saturated heterocycles. The highest BCUT2D eigenvalue weighted by atomic mass is 19.4. The topological polar surface area (TPSA) is 69.6 Å². The van der Waals surface area contributed by atoms with Crippen molar-refractivity contribution in [3.05, 3.63) is 0 Å². The number of carbonyl (C=O) groups is 2. The van der Waals surface area contributed by atoms with Crippen molar-refractivity contribution in [3.63, 3.8) is 0 Å². The lowest BCUT2D eigenvalue weighted by Crippen LogP contribution is -2.48. The van der Waals surface area contributed by atoms with Crippen molar-refractivity contribution in [3.8, 4) is 0 Å². The van der Waals surface area contributed by atoms with E-state index in [0.717, 1.165) is 12.8 Å². The number of carboxylic acid groups (broad SMARTS) is 1. The van der Waals surface area contributed by atoms with Crippen LogP contribution in [-0.2, 0) is 4.79 Å². The lowest BCUT2D eigenvalue weighted by molar-refractivity contribution is -0.148. The van der Waals surface area contributed by atoms with Gasteiger partial charge in [0.05, 0.1) is 6.42 Å². The second kappa shape index (κ2) is 7.51. The molecule has 0 aromatic carbocycles. The number of carboxylic acids is 1. The molecule has 0 bridgehead atoms. The highest BCUT2D eigenvalue weighted by molar-refractivity contribution is 5.75. The van der Waals surface area contributed by atoms with Crippen LogP contribution < -0.4 is 5.32 Å². The Hall–Kier alpha value is -1.47. The highest BCUT2D eigenvalue weighted by Gasteiger charge is 2.37. The normalized spacial score (nSPS) is 22.7. The standard InChI is InChI=1S/C13H21F3N2O3/c1-18(7-6-11(19)20)12(21)17-10-5-3-2-4-9(10)8-13(14,15)16/h9-10H,2-8H2,1H3,(H,17,21)(H,19,20)/t9-,10-/m0/s1. The van der Waals surface area contributed by atoms with Gasteiger partial charge in [0.15, 0.2) is 0 Å². The van der Waals surface area contributed by atoms with Crippen LogP contribution in [0.15, 0.2) is 0 Å². The monoisotopic (exact) mass is 310 g/mol. The minimum atomic E-state index is -4.24. The van der Waals surface area contributed by atoms with Crippen molar-refractivity contribution in [2.24, 2.45) is 5.92 Å². The maximum absolute atomic E-state index is 12.5. The Kier molecular flexibility index (Phi) is 6.29. The third kappa shape index (κ3) is 6.68. The number of nitrogens with one attached hydrogen (secondary N) is 1. The Bertz CT molecular complexity index is 374. The van der Waals surface area contributed by atoms with Gasteiger partial charge in [0.25, 0.3) is 0 Å². The summed E-state index contributed by atoms with van der Waals surface area (Å²) in [6.45, 7) is 0.0256. The number of nitrogens with zero attached hydrogens (tertiary/aromatic N) is 1. The van der Waals surface area contributed by atoms with E-state index in [1.807, 2.05) is 0 Å². The lowest BCUT2D eigenvalue weighted by atomic mass is 9.82. The molecule has 2 amide bonds. The fourth-order valence-corrected chi connectivity index (χ4v) is 2.57. The molecule has 8 heteroatoms. The summed E-state index contributed by atoms with van der Waals surface area (Å²) in [7, 11) is 1.43. The Labute approximate surface area is 121 Å². The second-order valence-corrected chi connectivity index (χ2v) is 5.49. The largest absolute Gasteiger partial charge is 0.481 e. The minimum absolute atomic E-state index is 0.0256. The molecular formula is C13H21F3N2O3. The SMILES string of the molecule is CN(CCC(=O)O)C(=O)N[C@H]1CCCC[C@H]1CC(F)(F)F. The molecule has 122 valence electrons. The quantitative estimate of drug-likeness (QED) is 0.820. The van der Waals surface area contributed by atoms with Crippen LogP contribution in [0.1, 0.15) is 38.5 Å². The van der Waals surface area contributed by atoms with E-state index >= 15 is 0 Å².